The summed E-state index contributed by atoms with van der Waals surface area (Å²) < 4.78 is 5.64. The fourth-order valence-corrected chi connectivity index (χ4v) is 2.67. The first-order valence-electron chi connectivity index (χ1n) is 7.51. The molecule has 0 bridgehead atoms. The van der Waals surface area contributed by atoms with Gasteiger partial charge < -0.3 is 15.4 Å². The molecule has 1 saturated heterocycles. The van der Waals surface area contributed by atoms with Gasteiger partial charge in [0, 0.05) is 13.1 Å². The molecular formula is C15H18ClN5O2. The molecule has 1 aliphatic heterocycles. The predicted octanol–water partition coefficient (Wildman–Crippen LogP) is 1.93. The Morgan fingerprint density at radius 3 is 3.00 bits per heavy atom. The van der Waals surface area contributed by atoms with Crippen molar-refractivity contribution in [3.05, 3.63) is 40.4 Å². The highest BCUT2D eigenvalue weighted by molar-refractivity contribution is 6.34. The normalized spacial score (nSPS) is 17.9. The summed E-state index contributed by atoms with van der Waals surface area (Å²) >= 11 is 6.12. The molecule has 23 heavy (non-hydrogen) atoms. The van der Waals surface area contributed by atoms with Crippen LogP contribution >= 0.6 is 11.6 Å². The van der Waals surface area contributed by atoms with E-state index in [-0.39, 0.29) is 17.7 Å². The van der Waals surface area contributed by atoms with Crippen LogP contribution in [0, 0.1) is 0 Å². The van der Waals surface area contributed by atoms with E-state index < -0.39 is 0 Å². The van der Waals surface area contributed by atoms with Gasteiger partial charge in [0.1, 0.15) is 6.10 Å². The lowest BCUT2D eigenvalue weighted by molar-refractivity contribution is 0.0250. The van der Waals surface area contributed by atoms with E-state index in [2.05, 4.69) is 25.8 Å². The zero-order chi connectivity index (χ0) is 16.2. The minimum atomic E-state index is -0.365. The molecule has 2 aromatic heterocycles. The maximum absolute atomic E-state index is 12.2. The van der Waals surface area contributed by atoms with Crippen molar-refractivity contribution in [3.8, 4) is 0 Å². The van der Waals surface area contributed by atoms with Crippen LogP contribution in [0.2, 0.25) is 5.02 Å². The molecular weight excluding hydrogens is 318 g/mol. The van der Waals surface area contributed by atoms with E-state index in [1.165, 1.54) is 0 Å². The highest BCUT2D eigenvalue weighted by Gasteiger charge is 2.19. The van der Waals surface area contributed by atoms with E-state index in [4.69, 9.17) is 16.3 Å². The number of halogens is 1. The van der Waals surface area contributed by atoms with E-state index in [1.807, 2.05) is 13.0 Å². The number of nitrogens with one attached hydrogen (secondary N) is 3. The van der Waals surface area contributed by atoms with Gasteiger partial charge in [0.25, 0.3) is 5.91 Å². The van der Waals surface area contributed by atoms with Crippen LogP contribution in [0.4, 0.5) is 5.69 Å². The molecule has 8 heteroatoms. The molecule has 3 heterocycles. The summed E-state index contributed by atoms with van der Waals surface area (Å²) in [4.78, 5) is 16.6. The fraction of sp³-hybridized carbons (Fsp3) is 0.400. The van der Waals surface area contributed by atoms with Gasteiger partial charge >= 0.3 is 0 Å². The van der Waals surface area contributed by atoms with Gasteiger partial charge in [-0.2, -0.15) is 5.10 Å². The second kappa shape index (κ2) is 7.08. The monoisotopic (exact) mass is 335 g/mol. The second-order valence-electron chi connectivity index (χ2n) is 5.21. The van der Waals surface area contributed by atoms with Gasteiger partial charge in [0.15, 0.2) is 5.69 Å². The number of aromatic nitrogens is 3. The molecule has 7 nitrogen and oxygen atoms in total. The topological polar surface area (TPSA) is 91.9 Å². The van der Waals surface area contributed by atoms with Crippen molar-refractivity contribution in [3.63, 3.8) is 0 Å². The first-order chi connectivity index (χ1) is 11.2. The lowest BCUT2D eigenvalue weighted by atomic mass is 10.2. The van der Waals surface area contributed by atoms with Gasteiger partial charge in [-0.15, -0.1) is 0 Å². The number of H-pyrrole nitrogens is 1. The van der Waals surface area contributed by atoms with E-state index in [0.29, 0.717) is 23.7 Å². The minimum absolute atomic E-state index is 0.0543. The van der Waals surface area contributed by atoms with Crippen LogP contribution in [0.5, 0.6) is 0 Å². The van der Waals surface area contributed by atoms with E-state index in [0.717, 1.165) is 24.5 Å². The molecule has 2 aromatic rings. The maximum Gasteiger partial charge on any atom is 0.277 e. The van der Waals surface area contributed by atoms with Crippen molar-refractivity contribution in [1.29, 1.82) is 0 Å². The molecule has 0 radical (unpaired) electrons. The first-order valence-corrected chi connectivity index (χ1v) is 7.89. The average Bonchev–Trinajstić information content (AvgIpc) is 2.97. The highest BCUT2D eigenvalue weighted by Crippen LogP contribution is 2.21. The van der Waals surface area contributed by atoms with Crippen molar-refractivity contribution in [2.24, 2.45) is 0 Å². The molecule has 0 spiro atoms. The predicted molar refractivity (Wildman–Crippen MR) is 86.7 cm³/mol. The number of aryl methyl sites for hydroxylation is 1. The van der Waals surface area contributed by atoms with Crippen molar-refractivity contribution >= 4 is 23.2 Å². The summed E-state index contributed by atoms with van der Waals surface area (Å²) in [5.74, 6) is -0.365. The standard InChI is InChI=1S/C15H18ClN5O2/c1-2-10-13(16)14(21-20-10)15(22)19-9-3-4-11(18-7-9)12-8-17-5-6-23-12/h3-4,7,12,17H,2,5-6,8H2,1H3,(H,19,22)(H,20,21). The Morgan fingerprint density at radius 2 is 2.39 bits per heavy atom. The van der Waals surface area contributed by atoms with Crippen LogP contribution in [0.25, 0.3) is 0 Å². The fourth-order valence-electron chi connectivity index (χ4n) is 2.36. The number of anilines is 1. The number of carbonyl (C=O) groups excluding carboxylic acids is 1. The van der Waals surface area contributed by atoms with Crippen molar-refractivity contribution in [1.82, 2.24) is 20.5 Å². The Balaban J connectivity index is 1.67. The Labute approximate surface area is 138 Å². The first kappa shape index (κ1) is 15.9. The molecule has 0 aromatic carbocycles. The number of hydrogen-bond donors (Lipinski definition) is 3. The highest BCUT2D eigenvalue weighted by atomic mass is 35.5. The van der Waals surface area contributed by atoms with Gasteiger partial charge in [-0.05, 0) is 18.6 Å². The smallest absolute Gasteiger partial charge is 0.277 e. The average molecular weight is 336 g/mol. The third kappa shape index (κ3) is 3.52. The zero-order valence-electron chi connectivity index (χ0n) is 12.7. The van der Waals surface area contributed by atoms with E-state index in [1.54, 1.807) is 12.3 Å². The zero-order valence-corrected chi connectivity index (χ0v) is 13.5. The largest absolute Gasteiger partial charge is 0.369 e. The number of rotatable bonds is 4. The lowest BCUT2D eigenvalue weighted by Gasteiger charge is -2.23. The number of carbonyl (C=O) groups is 1. The van der Waals surface area contributed by atoms with Crippen LogP contribution in [-0.2, 0) is 11.2 Å². The van der Waals surface area contributed by atoms with E-state index >= 15 is 0 Å². The van der Waals surface area contributed by atoms with E-state index in [9.17, 15) is 4.79 Å². The quantitative estimate of drug-likeness (QED) is 0.794. The van der Waals surface area contributed by atoms with Crippen LogP contribution < -0.4 is 10.6 Å². The second-order valence-corrected chi connectivity index (χ2v) is 5.59. The SMILES string of the molecule is CCc1[nH]nc(C(=O)Nc2ccc(C3CNCCO3)nc2)c1Cl. The number of amides is 1. The lowest BCUT2D eigenvalue weighted by Crippen LogP contribution is -2.33. The van der Waals surface area contributed by atoms with Crippen LogP contribution in [0.3, 0.4) is 0 Å². The van der Waals surface area contributed by atoms with Gasteiger partial charge in [-0.25, -0.2) is 0 Å². The number of hydrogen-bond acceptors (Lipinski definition) is 5. The van der Waals surface area contributed by atoms with Gasteiger partial charge in [0.05, 0.1) is 34.9 Å². The van der Waals surface area contributed by atoms with Crippen molar-refractivity contribution in [2.75, 3.05) is 25.0 Å². The molecule has 0 aliphatic carbocycles. The van der Waals surface area contributed by atoms with Gasteiger partial charge in [-0.1, -0.05) is 18.5 Å². The number of ether oxygens (including phenoxy) is 1. The Bertz CT molecular complexity index is 680. The molecule has 0 saturated carbocycles. The summed E-state index contributed by atoms with van der Waals surface area (Å²) in [7, 11) is 0. The summed E-state index contributed by atoms with van der Waals surface area (Å²) in [5, 5.41) is 13.1. The molecule has 1 atom stereocenters. The number of nitrogens with zero attached hydrogens (tertiary/aromatic N) is 2. The van der Waals surface area contributed by atoms with Gasteiger partial charge in [-0.3, -0.25) is 14.9 Å². The summed E-state index contributed by atoms with van der Waals surface area (Å²) in [5.41, 5.74) is 2.35. The number of pyridine rings is 1. The third-order valence-electron chi connectivity index (χ3n) is 3.65. The minimum Gasteiger partial charge on any atom is -0.369 e. The van der Waals surface area contributed by atoms with Crippen LogP contribution in [-0.4, -0.2) is 40.8 Å². The number of aromatic amines is 1. The van der Waals surface area contributed by atoms with Crippen molar-refractivity contribution < 1.29 is 9.53 Å². The van der Waals surface area contributed by atoms with Crippen molar-refractivity contribution in [2.45, 2.75) is 19.4 Å². The van der Waals surface area contributed by atoms with Crippen LogP contribution in [0.15, 0.2) is 18.3 Å². The Hall–Kier alpha value is -1.96. The molecule has 1 amide bonds. The van der Waals surface area contributed by atoms with Crippen LogP contribution in [0.1, 0.15) is 34.9 Å². The summed E-state index contributed by atoms with van der Waals surface area (Å²) in [6.07, 6.45) is 2.23. The number of morpholine rings is 1. The Kier molecular flexibility index (Phi) is 4.90. The molecule has 3 N–H and O–H groups in total. The molecule has 1 fully saturated rings. The third-order valence-corrected chi connectivity index (χ3v) is 4.05. The molecule has 122 valence electrons. The van der Waals surface area contributed by atoms with Gasteiger partial charge in [0.2, 0.25) is 0 Å². The molecule has 1 unspecified atom stereocenters. The maximum atomic E-state index is 12.2. The summed E-state index contributed by atoms with van der Waals surface area (Å²) in [6.45, 7) is 4.20. The summed E-state index contributed by atoms with van der Waals surface area (Å²) in [6, 6.07) is 3.64. The Morgan fingerprint density at radius 1 is 1.52 bits per heavy atom. The molecule has 3 rings (SSSR count). The molecule has 1 aliphatic rings.